The van der Waals surface area contributed by atoms with Crippen molar-refractivity contribution in [2.24, 2.45) is 5.92 Å². The number of hydrogen-bond donors (Lipinski definition) is 1. The zero-order valence-corrected chi connectivity index (χ0v) is 12.6. The van der Waals surface area contributed by atoms with Crippen LogP contribution in [0.25, 0.3) is 0 Å². The van der Waals surface area contributed by atoms with E-state index >= 15 is 0 Å². The van der Waals surface area contributed by atoms with Gasteiger partial charge in [-0.05, 0) is 31.7 Å². The second-order valence-corrected chi connectivity index (χ2v) is 6.43. The Labute approximate surface area is 115 Å². The number of hydrogen-bond acceptors (Lipinski definition) is 3. The van der Waals surface area contributed by atoms with Crippen LogP contribution in [-0.4, -0.2) is 11.5 Å². The number of nitrogens with zero attached hydrogens (tertiary/aromatic N) is 1. The maximum atomic E-state index is 4.60. The van der Waals surface area contributed by atoms with E-state index in [0.29, 0.717) is 0 Å². The Bertz CT molecular complexity index is 336. The largest absolute Gasteiger partial charge is 0.306 e. The van der Waals surface area contributed by atoms with Gasteiger partial charge in [0, 0.05) is 11.6 Å². The Morgan fingerprint density at radius 1 is 1.39 bits per heavy atom. The topological polar surface area (TPSA) is 24.9 Å². The molecule has 0 aliphatic heterocycles. The van der Waals surface area contributed by atoms with Gasteiger partial charge in [0.25, 0.3) is 0 Å². The van der Waals surface area contributed by atoms with E-state index in [1.165, 1.54) is 50.0 Å². The average molecular weight is 266 g/mol. The Kier molecular flexibility index (Phi) is 5.19. The number of aromatic nitrogens is 1. The van der Waals surface area contributed by atoms with E-state index in [9.17, 15) is 0 Å². The minimum absolute atomic E-state index is 0.172. The average Bonchev–Trinajstić information content (AvgIpc) is 2.83. The second kappa shape index (κ2) is 6.67. The van der Waals surface area contributed by atoms with Crippen molar-refractivity contribution in [1.82, 2.24) is 10.3 Å². The van der Waals surface area contributed by atoms with Crippen LogP contribution in [0.15, 0.2) is 11.6 Å². The first-order valence-electron chi connectivity index (χ1n) is 7.45. The molecular formula is C15H26N2S. The fourth-order valence-electron chi connectivity index (χ4n) is 3.37. The molecule has 1 N–H and O–H groups in total. The lowest BCUT2D eigenvalue weighted by Crippen LogP contribution is -2.41. The Hall–Kier alpha value is -0.410. The van der Waals surface area contributed by atoms with Crippen molar-refractivity contribution < 1.29 is 0 Å². The highest BCUT2D eigenvalue weighted by atomic mass is 32.1. The van der Waals surface area contributed by atoms with Crippen LogP contribution in [0.1, 0.15) is 63.8 Å². The lowest BCUT2D eigenvalue weighted by Gasteiger charge is -2.32. The van der Waals surface area contributed by atoms with Gasteiger partial charge in [-0.3, -0.25) is 0 Å². The van der Waals surface area contributed by atoms with Crippen molar-refractivity contribution >= 4 is 11.3 Å². The van der Waals surface area contributed by atoms with Gasteiger partial charge in [-0.2, -0.15) is 0 Å². The number of nitrogens with one attached hydrogen (secondary N) is 1. The molecule has 2 unspecified atom stereocenters. The van der Waals surface area contributed by atoms with Crippen LogP contribution < -0.4 is 5.32 Å². The van der Waals surface area contributed by atoms with Gasteiger partial charge in [0.1, 0.15) is 5.01 Å². The maximum Gasteiger partial charge on any atom is 0.113 e. The molecule has 1 saturated carbocycles. The van der Waals surface area contributed by atoms with Gasteiger partial charge in [-0.25, -0.2) is 4.98 Å². The standard InChI is InChI=1S/C15H26N2S/c1-3-6-13-7-5-9-15(10-8-13,17-4-2)14-16-11-12-18-14/h11-13,17H,3-10H2,1-2H3. The van der Waals surface area contributed by atoms with Crippen LogP contribution in [0.3, 0.4) is 0 Å². The third-order valence-corrected chi connectivity index (χ3v) is 5.23. The van der Waals surface area contributed by atoms with Crippen LogP contribution in [0.4, 0.5) is 0 Å². The summed E-state index contributed by atoms with van der Waals surface area (Å²) in [6.45, 7) is 5.56. The molecule has 0 spiro atoms. The fraction of sp³-hybridized carbons (Fsp3) is 0.800. The molecule has 0 aromatic carbocycles. The van der Waals surface area contributed by atoms with Gasteiger partial charge >= 0.3 is 0 Å². The molecule has 1 fully saturated rings. The number of rotatable bonds is 5. The molecule has 1 aliphatic carbocycles. The maximum absolute atomic E-state index is 4.60. The highest BCUT2D eigenvalue weighted by Crippen LogP contribution is 2.39. The molecule has 0 amide bonds. The molecule has 18 heavy (non-hydrogen) atoms. The summed E-state index contributed by atoms with van der Waals surface area (Å²) < 4.78 is 0. The van der Waals surface area contributed by atoms with Gasteiger partial charge in [0.05, 0.1) is 5.54 Å². The highest BCUT2D eigenvalue weighted by Gasteiger charge is 2.35. The van der Waals surface area contributed by atoms with Crippen molar-refractivity contribution in [2.45, 2.75) is 64.3 Å². The quantitative estimate of drug-likeness (QED) is 0.802. The molecule has 0 radical (unpaired) electrons. The molecular weight excluding hydrogens is 240 g/mol. The van der Waals surface area contributed by atoms with Crippen molar-refractivity contribution in [3.8, 4) is 0 Å². The van der Waals surface area contributed by atoms with E-state index in [-0.39, 0.29) is 5.54 Å². The van der Waals surface area contributed by atoms with Gasteiger partial charge in [-0.1, -0.05) is 39.5 Å². The van der Waals surface area contributed by atoms with Gasteiger partial charge < -0.3 is 5.32 Å². The summed E-state index contributed by atoms with van der Waals surface area (Å²) in [5.74, 6) is 0.940. The summed E-state index contributed by atoms with van der Waals surface area (Å²) in [6, 6.07) is 0. The van der Waals surface area contributed by atoms with E-state index in [2.05, 4.69) is 29.5 Å². The van der Waals surface area contributed by atoms with Gasteiger partial charge in [-0.15, -0.1) is 11.3 Å². The summed E-state index contributed by atoms with van der Waals surface area (Å²) in [7, 11) is 0. The third-order valence-electron chi connectivity index (χ3n) is 4.25. The molecule has 0 saturated heterocycles. The molecule has 102 valence electrons. The molecule has 1 aromatic heterocycles. The molecule has 1 heterocycles. The SMILES string of the molecule is CCCC1CCCC(NCC)(c2nccs2)CC1. The van der Waals surface area contributed by atoms with Crippen LogP contribution in [0, 0.1) is 5.92 Å². The van der Waals surface area contributed by atoms with Gasteiger partial charge in [0.15, 0.2) is 0 Å². The van der Waals surface area contributed by atoms with Gasteiger partial charge in [0.2, 0.25) is 0 Å². The zero-order chi connectivity index (χ0) is 12.8. The summed E-state index contributed by atoms with van der Waals surface area (Å²) in [5, 5.41) is 7.17. The van der Waals surface area contributed by atoms with E-state index in [4.69, 9.17) is 0 Å². The first kappa shape index (κ1) is 14.0. The molecule has 2 rings (SSSR count). The minimum atomic E-state index is 0.172. The fourth-order valence-corrected chi connectivity index (χ4v) is 4.25. The molecule has 1 aromatic rings. The van der Waals surface area contributed by atoms with E-state index < -0.39 is 0 Å². The Balaban J connectivity index is 2.11. The Morgan fingerprint density at radius 2 is 2.28 bits per heavy atom. The van der Waals surface area contributed by atoms with Crippen LogP contribution in [0.2, 0.25) is 0 Å². The smallest absolute Gasteiger partial charge is 0.113 e. The first-order valence-corrected chi connectivity index (χ1v) is 8.33. The first-order chi connectivity index (χ1) is 8.80. The Morgan fingerprint density at radius 3 is 2.94 bits per heavy atom. The molecule has 0 bridgehead atoms. The monoisotopic (exact) mass is 266 g/mol. The lowest BCUT2D eigenvalue weighted by atomic mass is 9.89. The minimum Gasteiger partial charge on any atom is -0.306 e. The van der Waals surface area contributed by atoms with Crippen LogP contribution >= 0.6 is 11.3 Å². The normalized spacial score (nSPS) is 29.1. The van der Waals surface area contributed by atoms with Crippen molar-refractivity contribution in [2.75, 3.05) is 6.54 Å². The van der Waals surface area contributed by atoms with E-state index in [1.54, 1.807) is 0 Å². The lowest BCUT2D eigenvalue weighted by molar-refractivity contribution is 0.289. The summed E-state index contributed by atoms with van der Waals surface area (Å²) in [4.78, 5) is 4.60. The van der Waals surface area contributed by atoms with Crippen molar-refractivity contribution in [3.63, 3.8) is 0 Å². The van der Waals surface area contributed by atoms with E-state index in [1.807, 2.05) is 17.5 Å². The van der Waals surface area contributed by atoms with E-state index in [0.717, 1.165) is 12.5 Å². The molecule has 2 nitrogen and oxygen atoms in total. The van der Waals surface area contributed by atoms with Crippen molar-refractivity contribution in [1.29, 1.82) is 0 Å². The number of thiazole rings is 1. The molecule has 3 heteroatoms. The zero-order valence-electron chi connectivity index (χ0n) is 11.7. The van der Waals surface area contributed by atoms with Crippen LogP contribution in [-0.2, 0) is 5.54 Å². The summed E-state index contributed by atoms with van der Waals surface area (Å²) in [5.41, 5.74) is 0.172. The molecule has 2 atom stereocenters. The summed E-state index contributed by atoms with van der Waals surface area (Å²) >= 11 is 1.82. The molecule has 1 aliphatic rings. The van der Waals surface area contributed by atoms with Crippen molar-refractivity contribution in [3.05, 3.63) is 16.6 Å². The predicted molar refractivity (Wildman–Crippen MR) is 79.0 cm³/mol. The third kappa shape index (κ3) is 3.12. The predicted octanol–water partition coefficient (Wildman–Crippen LogP) is 4.33. The second-order valence-electron chi connectivity index (χ2n) is 5.54. The van der Waals surface area contributed by atoms with Crippen LogP contribution in [0.5, 0.6) is 0 Å². The summed E-state index contributed by atoms with van der Waals surface area (Å²) in [6.07, 6.45) is 11.3. The highest BCUT2D eigenvalue weighted by molar-refractivity contribution is 7.09.